The van der Waals surface area contributed by atoms with E-state index in [2.05, 4.69) is 40.3 Å². The van der Waals surface area contributed by atoms with E-state index in [4.69, 9.17) is 55.5 Å². The van der Waals surface area contributed by atoms with Crippen LogP contribution in [0.4, 0.5) is 20.2 Å². The number of aliphatic hydroxyl groups excluding tert-OH is 2. The Bertz CT molecular complexity index is 3340. The number of fused-ring (bicyclic) bond motifs is 4. The second-order valence-electron chi connectivity index (χ2n) is 23.1. The van der Waals surface area contributed by atoms with Crippen LogP contribution in [-0.4, -0.2) is 122 Å². The zero-order chi connectivity index (χ0) is 60.7. The van der Waals surface area contributed by atoms with Gasteiger partial charge in [-0.25, -0.2) is 17.1 Å². The second kappa shape index (κ2) is 25.1. The predicted molar refractivity (Wildman–Crippen MR) is 304 cm³/mol. The summed E-state index contributed by atoms with van der Waals surface area (Å²) in [5.74, 6) is -4.93. The van der Waals surface area contributed by atoms with Gasteiger partial charge in [0, 0.05) is 58.4 Å². The van der Waals surface area contributed by atoms with Crippen LogP contribution in [0.5, 0.6) is 0 Å². The molecule has 20 nitrogen and oxygen atoms in total. The summed E-state index contributed by atoms with van der Waals surface area (Å²) >= 11 is 24.8. The highest BCUT2D eigenvalue weighted by Gasteiger charge is 2.67. The molecule has 4 aromatic rings. The van der Waals surface area contributed by atoms with Crippen LogP contribution in [-0.2, 0) is 59.2 Å². The fourth-order valence-corrected chi connectivity index (χ4v) is 13.4. The molecule has 10 atom stereocenters. The van der Waals surface area contributed by atoms with E-state index >= 15 is 0 Å². The van der Waals surface area contributed by atoms with Crippen LogP contribution in [0.25, 0.3) is 0 Å². The summed E-state index contributed by atoms with van der Waals surface area (Å²) in [5.41, 5.74) is -0.849. The smallest absolute Gasteiger partial charge is 0.394 e. The number of rotatable bonds is 18. The van der Waals surface area contributed by atoms with Crippen LogP contribution < -0.4 is 31.9 Å². The maximum absolute atomic E-state index is 15.0. The van der Waals surface area contributed by atoms with E-state index in [0.29, 0.717) is 56.5 Å². The second-order valence-corrected chi connectivity index (χ2v) is 26.9. The van der Waals surface area contributed by atoms with E-state index in [0.717, 1.165) is 0 Å². The monoisotopic (exact) mass is 1260 g/mol. The topological polar surface area (TPSA) is 308 Å². The Morgan fingerprint density at radius 1 is 0.671 bits per heavy atom. The van der Waals surface area contributed by atoms with Gasteiger partial charge in [-0.3, -0.25) is 28.3 Å². The minimum Gasteiger partial charge on any atom is -0.394 e. The summed E-state index contributed by atoms with van der Waals surface area (Å²) in [6.07, 6.45) is -1.93. The van der Waals surface area contributed by atoms with Crippen molar-refractivity contribution in [2.24, 2.45) is 10.8 Å². The zero-order valence-corrected chi connectivity index (χ0v) is 49.8. The van der Waals surface area contributed by atoms with Crippen molar-refractivity contribution in [3.05, 3.63) is 127 Å². The van der Waals surface area contributed by atoms with Gasteiger partial charge in [0.15, 0.2) is 0 Å². The van der Waals surface area contributed by atoms with Crippen LogP contribution in [0.3, 0.4) is 0 Å². The molecule has 4 heterocycles. The molecule has 2 fully saturated rings. The van der Waals surface area contributed by atoms with Crippen molar-refractivity contribution in [1.29, 1.82) is 0 Å². The van der Waals surface area contributed by atoms with Gasteiger partial charge in [0.2, 0.25) is 23.6 Å². The molecule has 0 radical (unpaired) electrons. The summed E-state index contributed by atoms with van der Waals surface area (Å²) in [6, 6.07) is 15.6. The van der Waals surface area contributed by atoms with E-state index in [-0.39, 0.29) is 46.8 Å². The average molecular weight is 1270 g/mol. The number of benzene rings is 4. The number of anilines is 2. The normalized spacial score (nSPS) is 24.8. The average Bonchev–Trinajstić information content (AvgIpc) is 3.11. The molecule has 4 amide bonds. The van der Waals surface area contributed by atoms with Crippen molar-refractivity contribution in [2.75, 3.05) is 36.9 Å². The fraction of sp³-hybridized carbons (Fsp3) is 0.481. The first kappa shape index (κ1) is 64.9. The number of aliphatic hydroxyl groups is 2. The standard InChI is InChI=1S/2C27H32Cl2FN3O7S/c1-26(2,3)12-21-27(17-10-19(30)18(29)11-20(17)32-25(27)36)22(14-5-4-6-15(28)9-14)23(33-21)24(35)31-8-7-16(34)13-40-41(37,38)39;1-26(2,3)12-21-27(17-10-19(30)18(29)11-20(17)32-25(27)36)22(14-5-4-6-15(28)9-14)23(33-21)24(35)31-8-7-16(13-34)40-41(37,38)39/h2*4-6,9-11,16,21-23,33-34H,7-8,12-13H2,1-3H3,(H,31,35)(H,32,36)(H,37,38,39). The fourth-order valence-electron chi connectivity index (χ4n) is 11.8. The Balaban J connectivity index is 0.000000236. The number of amides is 4. The zero-order valence-electron chi connectivity index (χ0n) is 45.2. The lowest BCUT2D eigenvalue weighted by molar-refractivity contribution is -0.125. The summed E-state index contributed by atoms with van der Waals surface area (Å²) < 4.78 is 99.7. The quantitative estimate of drug-likeness (QED) is 0.0443. The van der Waals surface area contributed by atoms with Gasteiger partial charge >= 0.3 is 20.8 Å². The highest BCUT2D eigenvalue weighted by Crippen LogP contribution is 2.59. The van der Waals surface area contributed by atoms with Gasteiger partial charge in [-0.1, -0.05) is 112 Å². The summed E-state index contributed by atoms with van der Waals surface area (Å²) in [6.45, 7) is 10.4. The van der Waals surface area contributed by atoms with E-state index in [1.807, 2.05) is 41.5 Å². The Morgan fingerprint density at radius 3 is 1.45 bits per heavy atom. The molecule has 28 heteroatoms. The molecule has 10 N–H and O–H groups in total. The maximum atomic E-state index is 15.0. The molecule has 8 rings (SSSR count). The SMILES string of the molecule is CC(C)(C)CC1NC(C(=O)NCCC(CO)OS(=O)(=O)O)C(c2cccc(Cl)c2)C12C(=O)Nc1cc(Cl)c(F)cc12.CC(C)(C)CC1NC(C(=O)NCCC(O)COS(=O)(=O)O)C(c2cccc(Cl)c2)C12C(=O)Nc1cc(Cl)c(F)cc12. The van der Waals surface area contributed by atoms with E-state index < -0.39 is 128 Å². The molecule has 2 spiro atoms. The summed E-state index contributed by atoms with van der Waals surface area (Å²) in [7, 11) is -9.54. The molecule has 2 saturated heterocycles. The maximum Gasteiger partial charge on any atom is 0.397 e. The Kier molecular flexibility index (Phi) is 19.9. The molecule has 4 aliphatic heterocycles. The van der Waals surface area contributed by atoms with Gasteiger partial charge in [-0.2, -0.15) is 16.8 Å². The third-order valence-corrected chi connectivity index (χ3v) is 16.8. The van der Waals surface area contributed by atoms with Crippen LogP contribution >= 0.6 is 46.4 Å². The van der Waals surface area contributed by atoms with Gasteiger partial charge in [0.1, 0.15) is 28.6 Å². The van der Waals surface area contributed by atoms with Crippen molar-refractivity contribution in [3.8, 4) is 0 Å². The van der Waals surface area contributed by atoms with Crippen molar-refractivity contribution in [1.82, 2.24) is 21.3 Å². The lowest BCUT2D eigenvalue weighted by Gasteiger charge is -2.37. The Morgan fingerprint density at radius 2 is 1.09 bits per heavy atom. The number of halogens is 6. The Hall–Kier alpha value is -4.64. The molecular formula is C54H64Cl4F2N6O14S2. The molecule has 10 unspecified atom stereocenters. The van der Waals surface area contributed by atoms with E-state index in [1.165, 1.54) is 24.3 Å². The van der Waals surface area contributed by atoms with Crippen molar-refractivity contribution in [2.45, 2.75) is 126 Å². The third kappa shape index (κ3) is 14.4. The van der Waals surface area contributed by atoms with Crippen molar-refractivity contribution < 1.29 is 72.5 Å². The van der Waals surface area contributed by atoms with Gasteiger partial charge < -0.3 is 42.1 Å². The lowest BCUT2D eigenvalue weighted by Crippen LogP contribution is -2.49. The van der Waals surface area contributed by atoms with Crippen LogP contribution in [0.15, 0.2) is 72.8 Å². The van der Waals surface area contributed by atoms with Crippen LogP contribution in [0, 0.1) is 22.5 Å². The first-order valence-corrected chi connectivity index (χ1v) is 30.1. The Labute approximate surface area is 494 Å². The molecule has 448 valence electrons. The van der Waals surface area contributed by atoms with Crippen molar-refractivity contribution >= 4 is 102 Å². The highest BCUT2D eigenvalue weighted by molar-refractivity contribution is 7.81. The van der Waals surface area contributed by atoms with E-state index in [9.17, 15) is 55.0 Å². The molecule has 0 aliphatic carbocycles. The van der Waals surface area contributed by atoms with Crippen molar-refractivity contribution in [3.63, 3.8) is 0 Å². The molecule has 0 saturated carbocycles. The van der Waals surface area contributed by atoms with Gasteiger partial charge in [-0.15, -0.1) is 0 Å². The molecule has 4 aliphatic rings. The number of hydrogen-bond acceptors (Lipinski definition) is 14. The highest BCUT2D eigenvalue weighted by atomic mass is 35.5. The van der Waals surface area contributed by atoms with Crippen LogP contribution in [0.1, 0.15) is 101 Å². The predicted octanol–water partition coefficient (Wildman–Crippen LogP) is 7.14. The number of carbonyl (C=O) groups excluding carboxylic acids is 4. The number of carbonyl (C=O) groups is 4. The van der Waals surface area contributed by atoms with Gasteiger partial charge in [-0.05, 0) is 107 Å². The molecule has 0 aromatic heterocycles. The van der Waals surface area contributed by atoms with Gasteiger partial charge in [0.25, 0.3) is 0 Å². The van der Waals surface area contributed by atoms with Crippen LogP contribution in [0.2, 0.25) is 20.1 Å². The summed E-state index contributed by atoms with van der Waals surface area (Å²) in [5, 5.41) is 37.7. The number of hydrogen-bond donors (Lipinski definition) is 10. The molecule has 0 bridgehead atoms. The largest absolute Gasteiger partial charge is 0.397 e. The third-order valence-electron chi connectivity index (χ3n) is 14.8. The molecule has 82 heavy (non-hydrogen) atoms. The molecule has 4 aromatic carbocycles. The number of nitrogens with one attached hydrogen (secondary N) is 6. The minimum atomic E-state index is -4.81. The molecular weight excluding hydrogens is 1200 g/mol. The first-order valence-electron chi connectivity index (χ1n) is 25.9. The van der Waals surface area contributed by atoms with Gasteiger partial charge in [0.05, 0.1) is 41.4 Å². The minimum absolute atomic E-state index is 0.0702. The summed E-state index contributed by atoms with van der Waals surface area (Å²) in [4.78, 5) is 55.6. The first-order chi connectivity index (χ1) is 38.1. The lowest BCUT2D eigenvalue weighted by atomic mass is 9.62. The van der Waals surface area contributed by atoms with E-state index in [1.54, 1.807) is 48.5 Å².